The van der Waals surface area contributed by atoms with Crippen LogP contribution in [0.1, 0.15) is 12.5 Å². The van der Waals surface area contributed by atoms with Gasteiger partial charge in [0.1, 0.15) is 21.8 Å². The van der Waals surface area contributed by atoms with Crippen LogP contribution in [0.25, 0.3) is 22.6 Å². The third kappa shape index (κ3) is 2.70. The number of sulfonamides is 1. The number of rotatable bonds is 4. The van der Waals surface area contributed by atoms with E-state index in [2.05, 4.69) is 4.98 Å². The van der Waals surface area contributed by atoms with Crippen molar-refractivity contribution in [2.45, 2.75) is 16.7 Å². The van der Waals surface area contributed by atoms with Gasteiger partial charge in [-0.25, -0.2) is 18.4 Å². The van der Waals surface area contributed by atoms with Crippen LogP contribution in [-0.4, -0.2) is 40.3 Å². The van der Waals surface area contributed by atoms with Gasteiger partial charge in [-0.2, -0.15) is 4.31 Å². The first-order valence-corrected chi connectivity index (χ1v) is 10.9. The van der Waals surface area contributed by atoms with Gasteiger partial charge in [0.05, 0.1) is 17.9 Å². The summed E-state index contributed by atoms with van der Waals surface area (Å²) in [5, 5.41) is 1.78. The monoisotopic (exact) mass is 400 g/mol. The summed E-state index contributed by atoms with van der Waals surface area (Å²) in [6.45, 7) is 0.870. The van der Waals surface area contributed by atoms with Crippen LogP contribution in [0.3, 0.4) is 0 Å². The predicted octanol–water partition coefficient (Wildman–Crippen LogP) is 3.39. The lowest BCUT2D eigenvalue weighted by Gasteiger charge is -2.17. The predicted molar refractivity (Wildman–Crippen MR) is 102 cm³/mol. The molecule has 0 unspecified atom stereocenters. The second-order valence-corrected chi connectivity index (χ2v) is 9.51. The molecule has 1 saturated heterocycles. The van der Waals surface area contributed by atoms with Crippen LogP contribution in [0.5, 0.6) is 0 Å². The molecular weight excluding hydrogens is 384 g/mol. The second-order valence-electron chi connectivity index (χ2n) is 6.40. The molecule has 4 aromatic rings. The van der Waals surface area contributed by atoms with E-state index in [0.717, 1.165) is 22.6 Å². The van der Waals surface area contributed by atoms with E-state index in [4.69, 9.17) is 9.40 Å². The molecule has 1 atom stereocenters. The normalized spacial score (nSPS) is 18.4. The molecule has 5 rings (SSSR count). The molecule has 0 aliphatic carbocycles. The molecule has 138 valence electrons. The lowest BCUT2D eigenvalue weighted by atomic mass is 10.2. The maximum Gasteiger partial charge on any atom is 0.252 e. The van der Waals surface area contributed by atoms with E-state index in [1.54, 1.807) is 40.5 Å². The number of aromatic nitrogens is 3. The molecule has 0 N–H and O–H groups in total. The fraction of sp³-hybridized carbons (Fsp3) is 0.222. The Bertz CT molecular complexity index is 1180. The molecule has 4 aromatic heterocycles. The number of imidazole rings is 1. The van der Waals surface area contributed by atoms with Crippen LogP contribution in [-0.2, 0) is 10.0 Å². The molecule has 1 aliphatic heterocycles. The van der Waals surface area contributed by atoms with Crippen molar-refractivity contribution in [1.29, 1.82) is 0 Å². The summed E-state index contributed by atoms with van der Waals surface area (Å²) in [4.78, 5) is 9.21. The Morgan fingerprint density at radius 3 is 2.93 bits per heavy atom. The Kier molecular flexibility index (Phi) is 3.88. The van der Waals surface area contributed by atoms with Crippen LogP contribution in [0.15, 0.2) is 63.1 Å². The highest BCUT2D eigenvalue weighted by Crippen LogP contribution is 2.34. The fourth-order valence-corrected chi connectivity index (χ4v) is 6.18. The van der Waals surface area contributed by atoms with Crippen LogP contribution >= 0.6 is 11.3 Å². The van der Waals surface area contributed by atoms with E-state index in [1.807, 2.05) is 22.8 Å². The summed E-state index contributed by atoms with van der Waals surface area (Å²) >= 11 is 1.25. The quantitative estimate of drug-likeness (QED) is 0.524. The minimum absolute atomic E-state index is 0.0375. The molecule has 5 heterocycles. The van der Waals surface area contributed by atoms with Gasteiger partial charge in [0.2, 0.25) is 0 Å². The van der Waals surface area contributed by atoms with Crippen LogP contribution < -0.4 is 0 Å². The second kappa shape index (κ2) is 6.29. The molecule has 0 radical (unpaired) electrons. The molecule has 1 fully saturated rings. The van der Waals surface area contributed by atoms with Gasteiger partial charge in [-0.05, 0) is 36.1 Å². The minimum Gasteiger partial charge on any atom is -0.472 e. The first-order valence-electron chi connectivity index (χ1n) is 8.54. The number of fused-ring (bicyclic) bond motifs is 1. The third-order valence-electron chi connectivity index (χ3n) is 4.81. The van der Waals surface area contributed by atoms with Gasteiger partial charge in [0.15, 0.2) is 5.65 Å². The van der Waals surface area contributed by atoms with Gasteiger partial charge in [0.25, 0.3) is 10.0 Å². The average molecular weight is 400 g/mol. The van der Waals surface area contributed by atoms with Gasteiger partial charge in [0, 0.05) is 19.3 Å². The molecule has 27 heavy (non-hydrogen) atoms. The maximum absolute atomic E-state index is 12.9. The fourth-order valence-electron chi connectivity index (χ4n) is 3.55. The molecule has 7 nitrogen and oxygen atoms in total. The topological polar surface area (TPSA) is 81.2 Å². The van der Waals surface area contributed by atoms with E-state index in [9.17, 15) is 8.42 Å². The molecule has 0 spiro atoms. The van der Waals surface area contributed by atoms with E-state index in [1.165, 1.54) is 11.3 Å². The number of hydrogen-bond acceptors (Lipinski definition) is 6. The maximum atomic E-state index is 12.9. The third-order valence-corrected chi connectivity index (χ3v) is 8.05. The van der Waals surface area contributed by atoms with Crippen LogP contribution in [0, 0.1) is 0 Å². The Hall–Kier alpha value is -2.49. The Balaban J connectivity index is 1.56. The van der Waals surface area contributed by atoms with E-state index >= 15 is 0 Å². The van der Waals surface area contributed by atoms with Crippen LogP contribution in [0.4, 0.5) is 0 Å². The molecule has 0 bridgehead atoms. The summed E-state index contributed by atoms with van der Waals surface area (Å²) in [6.07, 6.45) is 5.69. The highest BCUT2D eigenvalue weighted by molar-refractivity contribution is 7.91. The summed E-state index contributed by atoms with van der Waals surface area (Å²) in [6, 6.07) is 8.99. The van der Waals surface area contributed by atoms with Gasteiger partial charge in [-0.1, -0.05) is 6.07 Å². The number of thiophene rings is 1. The van der Waals surface area contributed by atoms with Crippen molar-refractivity contribution in [1.82, 2.24) is 18.8 Å². The summed E-state index contributed by atoms with van der Waals surface area (Å²) in [7, 11) is -3.46. The zero-order chi connectivity index (χ0) is 18.4. The van der Waals surface area contributed by atoms with E-state index < -0.39 is 10.0 Å². The van der Waals surface area contributed by atoms with Gasteiger partial charge in [-0.15, -0.1) is 11.3 Å². The zero-order valence-corrected chi connectivity index (χ0v) is 15.9. The lowest BCUT2D eigenvalue weighted by Crippen LogP contribution is -2.28. The number of hydrogen-bond donors (Lipinski definition) is 0. The van der Waals surface area contributed by atoms with Crippen molar-refractivity contribution in [2.24, 2.45) is 0 Å². The standard InChI is InChI=1S/C18H16N4O3S2/c23-27(24,16-4-2-10-26-16)21-8-5-14(11-21)22-17(13-6-9-25-12-13)20-15-3-1-7-19-18(15)22/h1-4,6-7,9-10,12,14H,5,8,11H2/t14-/m1/s1. The molecule has 0 aromatic carbocycles. The van der Waals surface area contributed by atoms with Crippen molar-refractivity contribution in [2.75, 3.05) is 13.1 Å². The number of pyridine rings is 1. The first kappa shape index (κ1) is 16.7. The molecular formula is C18H16N4O3S2. The van der Waals surface area contributed by atoms with E-state index in [0.29, 0.717) is 23.7 Å². The molecule has 0 amide bonds. The van der Waals surface area contributed by atoms with Gasteiger partial charge >= 0.3 is 0 Å². The molecule has 1 aliphatic rings. The van der Waals surface area contributed by atoms with Crippen molar-refractivity contribution in [3.05, 3.63) is 54.4 Å². The Morgan fingerprint density at radius 1 is 1.22 bits per heavy atom. The summed E-state index contributed by atoms with van der Waals surface area (Å²) in [5.74, 6) is 0.748. The lowest BCUT2D eigenvalue weighted by molar-refractivity contribution is 0.456. The smallest absolute Gasteiger partial charge is 0.252 e. The summed E-state index contributed by atoms with van der Waals surface area (Å²) < 4.78 is 34.9. The van der Waals surface area contributed by atoms with Crippen molar-refractivity contribution < 1.29 is 12.8 Å². The summed E-state index contributed by atoms with van der Waals surface area (Å²) in [5.41, 5.74) is 2.40. The van der Waals surface area contributed by atoms with Crippen molar-refractivity contribution >= 4 is 32.5 Å². The van der Waals surface area contributed by atoms with Crippen molar-refractivity contribution in [3.8, 4) is 11.4 Å². The Morgan fingerprint density at radius 2 is 2.15 bits per heavy atom. The van der Waals surface area contributed by atoms with Gasteiger partial charge < -0.3 is 8.98 Å². The highest BCUT2D eigenvalue weighted by atomic mass is 32.2. The molecule has 9 heteroatoms. The number of nitrogens with zero attached hydrogens (tertiary/aromatic N) is 4. The van der Waals surface area contributed by atoms with Gasteiger partial charge in [-0.3, -0.25) is 0 Å². The molecule has 0 saturated carbocycles. The van der Waals surface area contributed by atoms with E-state index in [-0.39, 0.29) is 6.04 Å². The Labute approximate surface area is 159 Å². The zero-order valence-electron chi connectivity index (χ0n) is 14.2. The largest absolute Gasteiger partial charge is 0.472 e. The number of furan rings is 1. The minimum atomic E-state index is -3.46. The SMILES string of the molecule is O=S(=O)(c1cccs1)N1CC[C@@H](n2c(-c3ccoc3)nc3cccnc32)C1. The average Bonchev–Trinajstić information content (AvgIpc) is 3.48. The first-order chi connectivity index (χ1) is 13.1. The highest BCUT2D eigenvalue weighted by Gasteiger charge is 2.35. The van der Waals surface area contributed by atoms with Crippen LogP contribution in [0.2, 0.25) is 0 Å². The van der Waals surface area contributed by atoms with Crippen molar-refractivity contribution in [3.63, 3.8) is 0 Å².